The molecule has 0 radical (unpaired) electrons. The van der Waals surface area contributed by atoms with Gasteiger partial charge >= 0.3 is 0 Å². The quantitative estimate of drug-likeness (QED) is 0.709. The van der Waals surface area contributed by atoms with E-state index >= 15 is 0 Å². The highest BCUT2D eigenvalue weighted by molar-refractivity contribution is 5.95. The molecule has 0 unspecified atom stereocenters. The summed E-state index contributed by atoms with van der Waals surface area (Å²) in [5, 5.41) is 0. The fourth-order valence-electron chi connectivity index (χ4n) is 5.13. The summed E-state index contributed by atoms with van der Waals surface area (Å²) in [5.41, 5.74) is 2.58. The predicted molar refractivity (Wildman–Crippen MR) is 121 cm³/mol. The maximum absolute atomic E-state index is 14.1. The summed E-state index contributed by atoms with van der Waals surface area (Å²) in [6.07, 6.45) is 5.49. The number of carbonyl (C=O) groups is 2. The number of amides is 2. The number of carbonyl (C=O) groups excluding carboxylic acids is 2. The van der Waals surface area contributed by atoms with E-state index in [4.69, 9.17) is 0 Å². The lowest BCUT2D eigenvalue weighted by Crippen LogP contribution is -2.42. The van der Waals surface area contributed by atoms with Crippen LogP contribution in [0.1, 0.15) is 57.5 Å². The van der Waals surface area contributed by atoms with Crippen LogP contribution in [0.25, 0.3) is 0 Å². The van der Waals surface area contributed by atoms with Crippen LogP contribution >= 0.6 is 0 Å². The maximum atomic E-state index is 14.1. The van der Waals surface area contributed by atoms with Crippen molar-refractivity contribution < 1.29 is 18.4 Å². The van der Waals surface area contributed by atoms with Gasteiger partial charge < -0.3 is 9.80 Å². The summed E-state index contributed by atoms with van der Waals surface area (Å²) in [7, 11) is 0. The predicted octanol–water partition coefficient (Wildman–Crippen LogP) is 3.86. The molecule has 0 N–H and O–H groups in total. The van der Waals surface area contributed by atoms with Gasteiger partial charge in [0.1, 0.15) is 11.6 Å². The molecule has 2 heterocycles. The molecule has 1 saturated heterocycles. The first kappa shape index (κ1) is 22.0. The van der Waals surface area contributed by atoms with Crippen molar-refractivity contribution in [3.8, 4) is 0 Å². The van der Waals surface area contributed by atoms with E-state index in [1.54, 1.807) is 4.90 Å². The molecule has 2 aliphatic heterocycles. The monoisotopic (exact) mass is 453 g/mol. The number of halogens is 2. The zero-order chi connectivity index (χ0) is 22.9. The van der Waals surface area contributed by atoms with Gasteiger partial charge in [0, 0.05) is 56.9 Å². The Kier molecular flexibility index (Phi) is 6.15. The van der Waals surface area contributed by atoms with Crippen LogP contribution in [0.3, 0.4) is 0 Å². The van der Waals surface area contributed by atoms with E-state index in [2.05, 4.69) is 4.90 Å². The van der Waals surface area contributed by atoms with E-state index in [0.717, 1.165) is 55.9 Å². The van der Waals surface area contributed by atoms with Crippen molar-refractivity contribution in [2.45, 2.75) is 44.7 Å². The van der Waals surface area contributed by atoms with Crippen molar-refractivity contribution in [3.63, 3.8) is 0 Å². The van der Waals surface area contributed by atoms with E-state index in [9.17, 15) is 18.4 Å². The highest BCUT2D eigenvalue weighted by Gasteiger charge is 2.29. The molecule has 174 valence electrons. The second-order valence-corrected chi connectivity index (χ2v) is 9.35. The molecular weight excluding hydrogens is 424 g/mol. The minimum atomic E-state index is -0.847. The van der Waals surface area contributed by atoms with Crippen molar-refractivity contribution >= 4 is 11.8 Å². The molecule has 7 heteroatoms. The van der Waals surface area contributed by atoms with Crippen LogP contribution < -0.4 is 0 Å². The molecule has 33 heavy (non-hydrogen) atoms. The zero-order valence-corrected chi connectivity index (χ0v) is 18.7. The van der Waals surface area contributed by atoms with Gasteiger partial charge in [-0.15, -0.1) is 0 Å². The first-order chi connectivity index (χ1) is 16.0. The van der Waals surface area contributed by atoms with Crippen LogP contribution in [0, 0.1) is 11.6 Å². The first-order valence-corrected chi connectivity index (χ1v) is 11.9. The molecule has 5 rings (SSSR count). The maximum Gasteiger partial charge on any atom is 0.257 e. The molecular formula is C26H29F2N3O2. The molecule has 1 aliphatic carbocycles. The van der Waals surface area contributed by atoms with Crippen LogP contribution in [-0.2, 0) is 13.0 Å². The largest absolute Gasteiger partial charge is 0.337 e. The van der Waals surface area contributed by atoms with Crippen LogP contribution in [0.2, 0.25) is 0 Å². The lowest BCUT2D eigenvalue weighted by molar-refractivity contribution is 0.0723. The average Bonchev–Trinajstić information content (AvgIpc) is 3.02. The molecule has 1 saturated carbocycles. The third-order valence-corrected chi connectivity index (χ3v) is 7.32. The normalized spacial score (nSPS) is 19.6. The fourth-order valence-corrected chi connectivity index (χ4v) is 5.13. The first-order valence-electron chi connectivity index (χ1n) is 11.9. The third-order valence-electron chi connectivity index (χ3n) is 7.32. The van der Waals surface area contributed by atoms with Crippen molar-refractivity contribution in [1.82, 2.24) is 14.7 Å². The van der Waals surface area contributed by atoms with E-state index < -0.39 is 17.5 Å². The summed E-state index contributed by atoms with van der Waals surface area (Å²) < 4.78 is 27.2. The zero-order valence-electron chi connectivity index (χ0n) is 18.7. The van der Waals surface area contributed by atoms with Crippen LogP contribution in [-0.4, -0.2) is 65.3 Å². The number of hydrogen-bond acceptors (Lipinski definition) is 3. The molecule has 0 spiro atoms. The summed E-state index contributed by atoms with van der Waals surface area (Å²) in [6.45, 7) is 4.33. The van der Waals surface area contributed by atoms with Gasteiger partial charge in [-0.1, -0.05) is 12.5 Å². The minimum Gasteiger partial charge on any atom is -0.337 e. The summed E-state index contributed by atoms with van der Waals surface area (Å²) in [4.78, 5) is 32.0. The molecule has 2 aromatic rings. The number of fused-ring (bicyclic) bond motifs is 1. The lowest BCUT2D eigenvalue weighted by Gasteiger charge is -2.36. The van der Waals surface area contributed by atoms with Crippen LogP contribution in [0.15, 0.2) is 36.4 Å². The Morgan fingerprint density at radius 3 is 2.39 bits per heavy atom. The van der Waals surface area contributed by atoms with E-state index in [-0.39, 0.29) is 11.5 Å². The molecule has 5 nitrogen and oxygen atoms in total. The summed E-state index contributed by atoms with van der Waals surface area (Å²) >= 11 is 0. The van der Waals surface area contributed by atoms with Crippen LogP contribution in [0.4, 0.5) is 8.78 Å². The van der Waals surface area contributed by atoms with Gasteiger partial charge in [0.2, 0.25) is 0 Å². The second-order valence-electron chi connectivity index (χ2n) is 9.35. The van der Waals surface area contributed by atoms with E-state index in [0.29, 0.717) is 31.1 Å². The van der Waals surface area contributed by atoms with Gasteiger partial charge in [-0.3, -0.25) is 14.5 Å². The summed E-state index contributed by atoms with van der Waals surface area (Å²) in [6, 6.07) is 9.42. The van der Waals surface area contributed by atoms with Crippen molar-refractivity contribution in [3.05, 3.63) is 70.3 Å². The van der Waals surface area contributed by atoms with E-state index in [1.165, 1.54) is 25.3 Å². The average molecular weight is 454 g/mol. The Hall–Kier alpha value is -2.80. The molecule has 3 aliphatic rings. The Bertz CT molecular complexity index is 1070. The van der Waals surface area contributed by atoms with Gasteiger partial charge in [-0.05, 0) is 61.1 Å². The molecule has 2 amide bonds. The van der Waals surface area contributed by atoms with Crippen molar-refractivity contribution in [1.29, 1.82) is 0 Å². The van der Waals surface area contributed by atoms with Gasteiger partial charge in [-0.2, -0.15) is 0 Å². The molecule has 0 aromatic heterocycles. The number of hydrogen-bond donors (Lipinski definition) is 0. The standard InChI is InChI=1S/C26H29F2N3O2/c27-21-7-8-23(24(28)16-21)26(33)31-12-9-18-15-19(5-6-20(18)17-31)25(32)30-11-2-10-29(13-14-30)22-3-1-4-22/h5-8,15-16,22H,1-4,9-14,17H2. The van der Waals surface area contributed by atoms with Gasteiger partial charge in [0.05, 0.1) is 5.56 Å². The molecule has 2 fully saturated rings. The highest BCUT2D eigenvalue weighted by atomic mass is 19.1. The fraction of sp³-hybridized carbons (Fsp3) is 0.462. The van der Waals surface area contributed by atoms with Gasteiger partial charge in [-0.25, -0.2) is 8.78 Å². The Labute approximate surface area is 193 Å². The van der Waals surface area contributed by atoms with Crippen LogP contribution in [0.5, 0.6) is 0 Å². The molecule has 0 atom stereocenters. The highest BCUT2D eigenvalue weighted by Crippen LogP contribution is 2.27. The second kappa shape index (κ2) is 9.21. The van der Waals surface area contributed by atoms with Gasteiger partial charge in [0.25, 0.3) is 11.8 Å². The SMILES string of the molecule is O=C(c1ccc2c(c1)CCN(C(=O)c1ccc(F)cc1F)C2)N1CCCN(C2CCC2)CC1. The smallest absolute Gasteiger partial charge is 0.257 e. The number of rotatable bonds is 3. The van der Waals surface area contributed by atoms with Crippen molar-refractivity contribution in [2.24, 2.45) is 0 Å². The number of benzene rings is 2. The lowest BCUT2D eigenvalue weighted by atomic mass is 9.91. The summed E-state index contributed by atoms with van der Waals surface area (Å²) in [5.74, 6) is -1.93. The van der Waals surface area contributed by atoms with Crippen molar-refractivity contribution in [2.75, 3.05) is 32.7 Å². The minimum absolute atomic E-state index is 0.0696. The Morgan fingerprint density at radius 2 is 1.64 bits per heavy atom. The Morgan fingerprint density at radius 1 is 0.788 bits per heavy atom. The third kappa shape index (κ3) is 4.51. The number of nitrogens with zero attached hydrogens (tertiary/aromatic N) is 3. The molecule has 0 bridgehead atoms. The topological polar surface area (TPSA) is 43.9 Å². The van der Waals surface area contributed by atoms with Gasteiger partial charge in [0.15, 0.2) is 0 Å². The van der Waals surface area contributed by atoms with E-state index in [1.807, 2.05) is 23.1 Å². The molecule has 2 aromatic carbocycles. The Balaban J connectivity index is 1.25.